The van der Waals surface area contributed by atoms with Crippen LogP contribution < -0.4 is 10.6 Å². The normalized spacial score (nSPS) is 15.5. The zero-order valence-corrected chi connectivity index (χ0v) is 13.4. The van der Waals surface area contributed by atoms with Crippen LogP contribution in [0.5, 0.6) is 0 Å². The van der Waals surface area contributed by atoms with Crippen molar-refractivity contribution in [3.63, 3.8) is 0 Å². The van der Waals surface area contributed by atoms with Gasteiger partial charge in [0.15, 0.2) is 0 Å². The lowest BCUT2D eigenvalue weighted by molar-refractivity contribution is -0.124. The molecular weight excluding hydrogens is 306 g/mol. The molecule has 2 amide bonds. The van der Waals surface area contributed by atoms with E-state index in [-0.39, 0.29) is 24.1 Å². The van der Waals surface area contributed by atoms with Crippen molar-refractivity contribution in [2.45, 2.75) is 31.0 Å². The first-order chi connectivity index (χ1) is 10.7. The summed E-state index contributed by atoms with van der Waals surface area (Å²) < 4.78 is 5.52. The zero-order valence-electron chi connectivity index (χ0n) is 12.6. The Labute approximate surface area is 133 Å². The zero-order chi connectivity index (χ0) is 15.8. The van der Waals surface area contributed by atoms with Crippen LogP contribution in [0.3, 0.4) is 0 Å². The lowest BCUT2D eigenvalue weighted by Crippen LogP contribution is -2.35. The lowest BCUT2D eigenvalue weighted by Gasteiger charge is -2.24. The Morgan fingerprint density at radius 2 is 2.00 bits per heavy atom. The largest absolute Gasteiger partial charge is 0.415 e. The highest BCUT2D eigenvalue weighted by Crippen LogP contribution is 2.18. The third-order valence-corrected chi connectivity index (χ3v) is 4.13. The van der Waals surface area contributed by atoms with Crippen molar-refractivity contribution >= 4 is 23.6 Å². The third-order valence-electron chi connectivity index (χ3n) is 3.31. The molecule has 1 aliphatic heterocycles. The minimum atomic E-state index is -0.246. The molecule has 9 heteroatoms. The highest BCUT2D eigenvalue weighted by atomic mass is 32.2. The molecule has 8 nitrogen and oxygen atoms in total. The molecule has 22 heavy (non-hydrogen) atoms. The van der Waals surface area contributed by atoms with Crippen molar-refractivity contribution in [3.05, 3.63) is 5.89 Å². The van der Waals surface area contributed by atoms with Crippen molar-refractivity contribution in [3.8, 4) is 0 Å². The number of piperidine rings is 1. The Morgan fingerprint density at radius 3 is 2.73 bits per heavy atom. The molecule has 0 saturated carbocycles. The van der Waals surface area contributed by atoms with Gasteiger partial charge in [0.25, 0.3) is 5.22 Å². The Balaban J connectivity index is 1.70. The summed E-state index contributed by atoms with van der Waals surface area (Å²) in [4.78, 5) is 24.8. The van der Waals surface area contributed by atoms with Crippen LogP contribution in [-0.4, -0.2) is 59.3 Å². The van der Waals surface area contributed by atoms with E-state index >= 15 is 0 Å². The van der Waals surface area contributed by atoms with Crippen molar-refractivity contribution in [1.29, 1.82) is 0 Å². The van der Waals surface area contributed by atoms with Gasteiger partial charge in [-0.05, 0) is 25.9 Å². The van der Waals surface area contributed by atoms with Gasteiger partial charge in [0.1, 0.15) is 0 Å². The van der Waals surface area contributed by atoms with E-state index in [0.29, 0.717) is 17.7 Å². The predicted octanol–water partition coefficient (Wildman–Crippen LogP) is 0.00980. The molecule has 2 rings (SSSR count). The first-order valence-corrected chi connectivity index (χ1v) is 8.31. The first-order valence-electron chi connectivity index (χ1n) is 7.32. The highest BCUT2D eigenvalue weighted by molar-refractivity contribution is 7.99. The Kier molecular flexibility index (Phi) is 6.66. The Morgan fingerprint density at radius 1 is 1.23 bits per heavy atom. The summed E-state index contributed by atoms with van der Waals surface area (Å²) in [5, 5.41) is 13.2. The molecule has 2 N–H and O–H groups in total. The van der Waals surface area contributed by atoms with Gasteiger partial charge in [-0.3, -0.25) is 14.5 Å². The molecule has 0 aromatic carbocycles. The molecule has 0 radical (unpaired) electrons. The molecule has 0 bridgehead atoms. The van der Waals surface area contributed by atoms with Crippen LogP contribution in [0.15, 0.2) is 9.64 Å². The van der Waals surface area contributed by atoms with E-state index in [2.05, 4.69) is 25.7 Å². The highest BCUT2D eigenvalue weighted by Gasteiger charge is 2.15. The number of likely N-dealkylation sites (N-methyl/N-ethyl adjacent to an activating group) is 1. The fourth-order valence-corrected chi connectivity index (χ4v) is 2.73. The number of carbonyl (C=O) groups is 2. The topological polar surface area (TPSA) is 100 Å². The molecule has 0 unspecified atom stereocenters. The summed E-state index contributed by atoms with van der Waals surface area (Å²) in [6.45, 7) is 2.76. The minimum absolute atomic E-state index is 0.0278. The number of nitrogens with one attached hydrogen (secondary N) is 2. The minimum Gasteiger partial charge on any atom is -0.415 e. The molecule has 0 aliphatic carbocycles. The van der Waals surface area contributed by atoms with Gasteiger partial charge in [0, 0.05) is 7.05 Å². The summed E-state index contributed by atoms with van der Waals surface area (Å²) in [6, 6.07) is 0. The summed E-state index contributed by atoms with van der Waals surface area (Å²) in [7, 11) is 1.52. The van der Waals surface area contributed by atoms with Crippen LogP contribution in [0.25, 0.3) is 0 Å². The maximum atomic E-state index is 11.6. The van der Waals surface area contributed by atoms with E-state index in [1.54, 1.807) is 0 Å². The van der Waals surface area contributed by atoms with E-state index < -0.39 is 0 Å². The Hall–Kier alpha value is -1.61. The molecule has 0 spiro atoms. The molecular formula is C13H21N5O3S. The number of aromatic nitrogens is 2. The van der Waals surface area contributed by atoms with Crippen LogP contribution in [0.2, 0.25) is 0 Å². The molecule has 122 valence electrons. The average Bonchev–Trinajstić information content (AvgIpc) is 2.99. The van der Waals surface area contributed by atoms with Crippen molar-refractivity contribution < 1.29 is 14.0 Å². The summed E-state index contributed by atoms with van der Waals surface area (Å²) in [6.07, 6.45) is 3.70. The average molecular weight is 327 g/mol. The summed E-state index contributed by atoms with van der Waals surface area (Å²) >= 11 is 1.17. The number of carbonyl (C=O) groups excluding carboxylic acids is 2. The van der Waals surface area contributed by atoms with Crippen molar-refractivity contribution in [2.24, 2.45) is 0 Å². The number of hydrogen-bond acceptors (Lipinski definition) is 7. The Bertz CT molecular complexity index is 502. The van der Waals surface area contributed by atoms with E-state index in [1.807, 2.05) is 0 Å². The van der Waals surface area contributed by atoms with Crippen LogP contribution >= 0.6 is 11.8 Å². The van der Waals surface area contributed by atoms with Gasteiger partial charge in [0.05, 0.1) is 18.8 Å². The van der Waals surface area contributed by atoms with Gasteiger partial charge in [-0.2, -0.15) is 0 Å². The fourth-order valence-electron chi connectivity index (χ4n) is 2.11. The smallest absolute Gasteiger partial charge is 0.277 e. The van der Waals surface area contributed by atoms with Gasteiger partial charge in [-0.25, -0.2) is 0 Å². The number of thioether (sulfide) groups is 1. The van der Waals surface area contributed by atoms with E-state index in [0.717, 1.165) is 13.1 Å². The molecule has 1 saturated heterocycles. The molecule has 1 aromatic rings. The number of likely N-dealkylation sites (tertiary alicyclic amines) is 1. The maximum absolute atomic E-state index is 11.6. The van der Waals surface area contributed by atoms with E-state index in [9.17, 15) is 9.59 Å². The van der Waals surface area contributed by atoms with Gasteiger partial charge < -0.3 is 15.1 Å². The second-order valence-corrected chi connectivity index (χ2v) is 5.96. The molecule has 1 aromatic heterocycles. The molecule has 2 heterocycles. The standard InChI is InChI=1S/C13H21N5O3S/c1-14-10(19)7-15-11(20)9-22-13-17-16-12(21-13)8-18-5-3-2-4-6-18/h2-9H2,1H3,(H,14,19)(H,15,20). The van der Waals surface area contributed by atoms with Crippen LogP contribution in [0.1, 0.15) is 25.2 Å². The number of nitrogens with zero attached hydrogens (tertiary/aromatic N) is 3. The SMILES string of the molecule is CNC(=O)CNC(=O)CSc1nnc(CN2CCCCC2)o1. The van der Waals surface area contributed by atoms with Crippen LogP contribution in [-0.2, 0) is 16.1 Å². The van der Waals surface area contributed by atoms with Gasteiger partial charge in [0.2, 0.25) is 17.7 Å². The van der Waals surface area contributed by atoms with Crippen LogP contribution in [0, 0.1) is 0 Å². The van der Waals surface area contributed by atoms with Crippen molar-refractivity contribution in [2.75, 3.05) is 32.4 Å². The quantitative estimate of drug-likeness (QED) is 0.680. The predicted molar refractivity (Wildman–Crippen MR) is 81.2 cm³/mol. The first kappa shape index (κ1) is 16.8. The number of hydrogen-bond donors (Lipinski definition) is 2. The van der Waals surface area contributed by atoms with E-state index in [1.165, 1.54) is 38.1 Å². The monoisotopic (exact) mass is 327 g/mol. The lowest BCUT2D eigenvalue weighted by atomic mass is 10.1. The molecule has 1 fully saturated rings. The third kappa shape index (κ3) is 5.64. The molecule has 1 aliphatic rings. The van der Waals surface area contributed by atoms with E-state index in [4.69, 9.17) is 4.42 Å². The van der Waals surface area contributed by atoms with Gasteiger partial charge in [-0.15, -0.1) is 10.2 Å². The van der Waals surface area contributed by atoms with Crippen molar-refractivity contribution in [1.82, 2.24) is 25.7 Å². The fraction of sp³-hybridized carbons (Fsp3) is 0.692. The summed E-state index contributed by atoms with van der Waals surface area (Å²) in [5.41, 5.74) is 0. The number of rotatable bonds is 7. The molecule has 0 atom stereocenters. The maximum Gasteiger partial charge on any atom is 0.277 e. The second kappa shape index (κ2) is 8.74. The number of amides is 2. The summed E-state index contributed by atoms with van der Waals surface area (Å²) in [5.74, 6) is 0.238. The second-order valence-electron chi connectivity index (χ2n) is 5.04. The van der Waals surface area contributed by atoms with Crippen LogP contribution in [0.4, 0.5) is 0 Å². The van der Waals surface area contributed by atoms with Gasteiger partial charge in [-0.1, -0.05) is 18.2 Å². The van der Waals surface area contributed by atoms with Gasteiger partial charge >= 0.3 is 0 Å².